The van der Waals surface area contributed by atoms with Crippen LogP contribution in [0.2, 0.25) is 0 Å². The second kappa shape index (κ2) is 8.99. The number of hydrogen-bond acceptors (Lipinski definition) is 5. The lowest BCUT2D eigenvalue weighted by Gasteiger charge is -2.32. The van der Waals surface area contributed by atoms with Gasteiger partial charge in [0.1, 0.15) is 5.82 Å². The molecular formula is C20H25N3O3S. The number of pyridine rings is 1. The van der Waals surface area contributed by atoms with E-state index in [4.69, 9.17) is 0 Å². The molecule has 0 bridgehead atoms. The number of piperidine rings is 1. The van der Waals surface area contributed by atoms with E-state index >= 15 is 0 Å². The standard InChI is InChI=1S/C20H25N3O3S/c24-20(11-15-27(25,26)18-6-2-1-3-7-18)22-16-17-9-13-23(14-10-17)19-8-4-5-12-21-19/h1-8,12,17H,9-11,13-16H2,(H,22,24). The van der Waals surface area contributed by atoms with Crippen molar-refractivity contribution in [2.45, 2.75) is 24.2 Å². The number of anilines is 1. The van der Waals surface area contributed by atoms with Crippen molar-refractivity contribution in [3.8, 4) is 0 Å². The summed E-state index contributed by atoms with van der Waals surface area (Å²) in [5.41, 5.74) is 0. The Hall–Kier alpha value is -2.41. The summed E-state index contributed by atoms with van der Waals surface area (Å²) in [6.07, 6.45) is 3.76. The van der Waals surface area contributed by atoms with Gasteiger partial charge in [0.2, 0.25) is 5.91 Å². The van der Waals surface area contributed by atoms with Crippen LogP contribution in [-0.4, -0.2) is 44.7 Å². The van der Waals surface area contributed by atoms with E-state index in [1.54, 1.807) is 36.5 Å². The van der Waals surface area contributed by atoms with Gasteiger partial charge in [0.05, 0.1) is 10.6 Å². The molecule has 3 rings (SSSR count). The van der Waals surface area contributed by atoms with Gasteiger partial charge in [-0.05, 0) is 43.0 Å². The third-order valence-corrected chi connectivity index (χ3v) is 6.61. The zero-order valence-corrected chi connectivity index (χ0v) is 16.1. The molecule has 1 aromatic heterocycles. The SMILES string of the molecule is O=C(CCS(=O)(=O)c1ccccc1)NCC1CCN(c2ccccn2)CC1. The van der Waals surface area contributed by atoms with Crippen LogP contribution in [0.1, 0.15) is 19.3 Å². The molecule has 2 heterocycles. The van der Waals surface area contributed by atoms with E-state index < -0.39 is 9.84 Å². The zero-order valence-electron chi connectivity index (χ0n) is 15.3. The number of nitrogens with one attached hydrogen (secondary N) is 1. The highest BCUT2D eigenvalue weighted by molar-refractivity contribution is 7.91. The Bertz CT molecular complexity index is 833. The van der Waals surface area contributed by atoms with E-state index in [9.17, 15) is 13.2 Å². The Morgan fingerprint density at radius 2 is 1.78 bits per heavy atom. The average molecular weight is 388 g/mol. The maximum absolute atomic E-state index is 12.2. The molecule has 0 saturated carbocycles. The lowest BCUT2D eigenvalue weighted by Crippen LogP contribution is -2.39. The van der Waals surface area contributed by atoms with Gasteiger partial charge >= 0.3 is 0 Å². The van der Waals surface area contributed by atoms with Crippen LogP contribution >= 0.6 is 0 Å². The molecule has 1 aliphatic heterocycles. The summed E-state index contributed by atoms with van der Waals surface area (Å²) < 4.78 is 24.4. The van der Waals surface area contributed by atoms with Crippen molar-refractivity contribution in [3.63, 3.8) is 0 Å². The van der Waals surface area contributed by atoms with Crippen molar-refractivity contribution in [2.24, 2.45) is 5.92 Å². The fourth-order valence-electron chi connectivity index (χ4n) is 3.23. The summed E-state index contributed by atoms with van der Waals surface area (Å²) in [5.74, 6) is 1.04. The van der Waals surface area contributed by atoms with Gasteiger partial charge in [0, 0.05) is 32.3 Å². The second-order valence-corrected chi connectivity index (χ2v) is 8.91. The van der Waals surface area contributed by atoms with Crippen molar-refractivity contribution >= 4 is 21.6 Å². The van der Waals surface area contributed by atoms with Crippen LogP contribution < -0.4 is 10.2 Å². The van der Waals surface area contributed by atoms with E-state index in [0.29, 0.717) is 12.5 Å². The van der Waals surface area contributed by atoms with Crippen molar-refractivity contribution in [1.29, 1.82) is 0 Å². The van der Waals surface area contributed by atoms with Gasteiger partial charge in [-0.1, -0.05) is 24.3 Å². The Kier molecular flexibility index (Phi) is 6.45. The summed E-state index contributed by atoms with van der Waals surface area (Å²) in [6, 6.07) is 14.2. The largest absolute Gasteiger partial charge is 0.357 e. The molecule has 7 heteroatoms. The Morgan fingerprint density at radius 1 is 1.07 bits per heavy atom. The first kappa shape index (κ1) is 19.4. The lowest BCUT2D eigenvalue weighted by molar-refractivity contribution is -0.120. The number of carbonyl (C=O) groups excluding carboxylic acids is 1. The first-order valence-corrected chi connectivity index (χ1v) is 10.9. The molecule has 1 N–H and O–H groups in total. The molecule has 1 fully saturated rings. The fraction of sp³-hybridized carbons (Fsp3) is 0.400. The van der Waals surface area contributed by atoms with Crippen LogP contribution in [0.25, 0.3) is 0 Å². The zero-order chi connectivity index (χ0) is 19.1. The average Bonchev–Trinajstić information content (AvgIpc) is 2.72. The molecule has 0 radical (unpaired) electrons. The molecule has 144 valence electrons. The number of rotatable bonds is 7. The summed E-state index contributed by atoms with van der Waals surface area (Å²) in [5, 5.41) is 2.89. The number of aromatic nitrogens is 1. The van der Waals surface area contributed by atoms with Crippen LogP contribution in [0.5, 0.6) is 0 Å². The molecule has 1 amide bonds. The molecule has 6 nitrogen and oxygen atoms in total. The summed E-state index contributed by atoms with van der Waals surface area (Å²) in [7, 11) is -3.41. The first-order chi connectivity index (χ1) is 13.0. The molecule has 2 aromatic rings. The first-order valence-electron chi connectivity index (χ1n) is 9.25. The monoisotopic (exact) mass is 387 g/mol. The van der Waals surface area contributed by atoms with Gasteiger partial charge in [0.15, 0.2) is 9.84 Å². The summed E-state index contributed by atoms with van der Waals surface area (Å²) in [4.78, 5) is 18.9. The normalized spacial score (nSPS) is 15.5. The molecule has 1 saturated heterocycles. The maximum Gasteiger partial charge on any atom is 0.221 e. The van der Waals surface area contributed by atoms with Gasteiger partial charge in [-0.2, -0.15) is 0 Å². The topological polar surface area (TPSA) is 79.4 Å². The van der Waals surface area contributed by atoms with Crippen LogP contribution in [0.4, 0.5) is 5.82 Å². The molecule has 0 unspecified atom stereocenters. The molecule has 27 heavy (non-hydrogen) atoms. The number of nitrogens with zero attached hydrogens (tertiary/aromatic N) is 2. The van der Waals surface area contributed by atoms with Crippen LogP contribution in [0.15, 0.2) is 59.6 Å². The van der Waals surface area contributed by atoms with Gasteiger partial charge in [-0.3, -0.25) is 4.79 Å². The molecule has 0 atom stereocenters. The van der Waals surface area contributed by atoms with Gasteiger partial charge in [-0.15, -0.1) is 0 Å². The van der Waals surface area contributed by atoms with Crippen LogP contribution in [0, 0.1) is 5.92 Å². The van der Waals surface area contributed by atoms with E-state index in [0.717, 1.165) is 31.7 Å². The molecular weight excluding hydrogens is 362 g/mol. The minimum Gasteiger partial charge on any atom is -0.357 e. The van der Waals surface area contributed by atoms with E-state index in [1.807, 2.05) is 18.2 Å². The smallest absolute Gasteiger partial charge is 0.221 e. The highest BCUT2D eigenvalue weighted by Crippen LogP contribution is 2.21. The van der Waals surface area contributed by atoms with Crippen LogP contribution in [-0.2, 0) is 14.6 Å². The third kappa shape index (κ3) is 5.53. The highest BCUT2D eigenvalue weighted by Gasteiger charge is 2.21. The Labute approximate surface area is 160 Å². The second-order valence-electron chi connectivity index (χ2n) is 6.80. The predicted molar refractivity (Wildman–Crippen MR) is 105 cm³/mol. The third-order valence-electron chi connectivity index (χ3n) is 4.88. The van der Waals surface area contributed by atoms with Crippen molar-refractivity contribution < 1.29 is 13.2 Å². The Morgan fingerprint density at radius 3 is 2.44 bits per heavy atom. The quantitative estimate of drug-likeness (QED) is 0.788. The van der Waals surface area contributed by atoms with Gasteiger partial charge in [0.25, 0.3) is 0 Å². The van der Waals surface area contributed by atoms with Gasteiger partial charge < -0.3 is 10.2 Å². The lowest BCUT2D eigenvalue weighted by atomic mass is 9.96. The summed E-state index contributed by atoms with van der Waals surface area (Å²) in [6.45, 7) is 2.43. The van der Waals surface area contributed by atoms with Crippen molar-refractivity contribution in [2.75, 3.05) is 30.3 Å². The molecule has 1 aromatic carbocycles. The summed E-state index contributed by atoms with van der Waals surface area (Å²) >= 11 is 0. The molecule has 0 spiro atoms. The number of benzene rings is 1. The number of amides is 1. The predicted octanol–water partition coefficient (Wildman–Crippen LogP) is 2.28. The van der Waals surface area contributed by atoms with Gasteiger partial charge in [-0.25, -0.2) is 13.4 Å². The van der Waals surface area contributed by atoms with E-state index in [1.165, 1.54) is 0 Å². The number of sulfone groups is 1. The fourth-order valence-corrected chi connectivity index (χ4v) is 4.49. The maximum atomic E-state index is 12.2. The minimum atomic E-state index is -3.41. The Balaban J connectivity index is 1.39. The number of carbonyl (C=O) groups is 1. The van der Waals surface area contributed by atoms with Crippen molar-refractivity contribution in [1.82, 2.24) is 10.3 Å². The van der Waals surface area contributed by atoms with E-state index in [-0.39, 0.29) is 23.0 Å². The van der Waals surface area contributed by atoms with E-state index in [2.05, 4.69) is 15.2 Å². The minimum absolute atomic E-state index is 0.00991. The highest BCUT2D eigenvalue weighted by atomic mass is 32.2. The van der Waals surface area contributed by atoms with Crippen LogP contribution in [0.3, 0.4) is 0 Å². The molecule has 1 aliphatic rings. The van der Waals surface area contributed by atoms with Crippen molar-refractivity contribution in [3.05, 3.63) is 54.7 Å². The molecule has 0 aliphatic carbocycles. The number of hydrogen-bond donors (Lipinski definition) is 1.